The molecule has 2 rings (SSSR count). The van der Waals surface area contributed by atoms with Crippen LogP contribution in [0.2, 0.25) is 5.02 Å². The molecule has 1 aromatic carbocycles. The second-order valence-corrected chi connectivity index (χ2v) is 4.35. The summed E-state index contributed by atoms with van der Waals surface area (Å²) >= 11 is 5.78. The number of carboxylic acid groups (broad SMARTS) is 1. The van der Waals surface area contributed by atoms with E-state index >= 15 is 0 Å². The second kappa shape index (κ2) is 5.24. The lowest BCUT2D eigenvalue weighted by Gasteiger charge is -2.07. The van der Waals surface area contributed by atoms with E-state index in [0.29, 0.717) is 17.5 Å². The molecule has 19 heavy (non-hydrogen) atoms. The Labute approximate surface area is 114 Å². The van der Waals surface area contributed by atoms with Gasteiger partial charge in [-0.15, -0.1) is 0 Å². The number of ether oxygens (including phenoxy) is 1. The molecular weight excluding hydrogens is 268 g/mol. The van der Waals surface area contributed by atoms with Gasteiger partial charge in [-0.05, 0) is 32.0 Å². The molecule has 0 aliphatic carbocycles. The minimum atomic E-state index is -1.11. The topological polar surface area (TPSA) is 72.3 Å². The molecular formula is C13H11ClN2O3. The van der Waals surface area contributed by atoms with E-state index in [0.717, 1.165) is 5.69 Å². The zero-order valence-electron chi connectivity index (χ0n) is 10.3. The number of benzene rings is 1. The van der Waals surface area contributed by atoms with Crippen LogP contribution in [0.5, 0.6) is 11.6 Å². The summed E-state index contributed by atoms with van der Waals surface area (Å²) in [4.78, 5) is 19.2. The summed E-state index contributed by atoms with van der Waals surface area (Å²) in [6, 6.07) is 6.09. The van der Waals surface area contributed by atoms with Gasteiger partial charge < -0.3 is 9.84 Å². The molecule has 0 radical (unpaired) electrons. The van der Waals surface area contributed by atoms with E-state index in [1.165, 1.54) is 12.1 Å². The zero-order chi connectivity index (χ0) is 14.0. The smallest absolute Gasteiger partial charge is 0.337 e. The Morgan fingerprint density at radius 2 is 2.00 bits per heavy atom. The Kier molecular flexibility index (Phi) is 3.66. The fourth-order valence-electron chi connectivity index (χ4n) is 1.59. The maximum absolute atomic E-state index is 11.0. The van der Waals surface area contributed by atoms with E-state index in [9.17, 15) is 4.79 Å². The summed E-state index contributed by atoms with van der Waals surface area (Å²) < 4.78 is 5.51. The van der Waals surface area contributed by atoms with E-state index in [-0.39, 0.29) is 10.6 Å². The van der Waals surface area contributed by atoms with Crippen LogP contribution < -0.4 is 4.74 Å². The van der Waals surface area contributed by atoms with Crippen molar-refractivity contribution in [2.24, 2.45) is 0 Å². The van der Waals surface area contributed by atoms with Gasteiger partial charge in [0.05, 0.1) is 10.6 Å². The zero-order valence-corrected chi connectivity index (χ0v) is 11.1. The van der Waals surface area contributed by atoms with Crippen molar-refractivity contribution < 1.29 is 14.6 Å². The molecule has 0 aliphatic heterocycles. The minimum Gasteiger partial charge on any atom is -0.478 e. The van der Waals surface area contributed by atoms with Crippen molar-refractivity contribution in [3.63, 3.8) is 0 Å². The molecule has 1 aromatic heterocycles. The van der Waals surface area contributed by atoms with Gasteiger partial charge in [-0.1, -0.05) is 11.6 Å². The van der Waals surface area contributed by atoms with Gasteiger partial charge in [0, 0.05) is 11.8 Å². The number of rotatable bonds is 3. The number of carboxylic acids is 1. The average molecular weight is 279 g/mol. The predicted molar refractivity (Wildman–Crippen MR) is 70.0 cm³/mol. The number of aryl methyl sites for hydroxylation is 2. The summed E-state index contributed by atoms with van der Waals surface area (Å²) in [6.07, 6.45) is 0. The van der Waals surface area contributed by atoms with Crippen molar-refractivity contribution in [2.75, 3.05) is 0 Å². The Bertz CT molecular complexity index is 624. The number of nitrogens with zero attached hydrogens (tertiary/aromatic N) is 2. The summed E-state index contributed by atoms with van der Waals surface area (Å²) in [6.45, 7) is 3.58. The fourth-order valence-corrected chi connectivity index (χ4v) is 1.79. The maximum Gasteiger partial charge on any atom is 0.337 e. The van der Waals surface area contributed by atoms with E-state index in [4.69, 9.17) is 21.4 Å². The van der Waals surface area contributed by atoms with Gasteiger partial charge in [-0.25, -0.2) is 9.78 Å². The molecule has 2 aromatic rings. The quantitative estimate of drug-likeness (QED) is 0.933. The number of aromatic carboxylic acids is 1. The largest absolute Gasteiger partial charge is 0.478 e. The van der Waals surface area contributed by atoms with Gasteiger partial charge in [-0.2, -0.15) is 4.98 Å². The number of aromatic nitrogens is 2. The Morgan fingerprint density at radius 3 is 2.63 bits per heavy atom. The third-order valence-electron chi connectivity index (χ3n) is 2.33. The molecule has 98 valence electrons. The minimum absolute atomic E-state index is 0.0123. The molecule has 0 saturated carbocycles. The molecule has 0 spiro atoms. The van der Waals surface area contributed by atoms with Gasteiger partial charge in [0.25, 0.3) is 0 Å². The van der Waals surface area contributed by atoms with Gasteiger partial charge in [0.15, 0.2) is 0 Å². The van der Waals surface area contributed by atoms with Gasteiger partial charge in [0.2, 0.25) is 5.88 Å². The third kappa shape index (κ3) is 3.20. The average Bonchev–Trinajstić information content (AvgIpc) is 2.30. The van der Waals surface area contributed by atoms with Crippen molar-refractivity contribution in [3.8, 4) is 11.6 Å². The van der Waals surface area contributed by atoms with Gasteiger partial charge in [-0.3, -0.25) is 0 Å². The van der Waals surface area contributed by atoms with Gasteiger partial charge in [0.1, 0.15) is 11.6 Å². The summed E-state index contributed by atoms with van der Waals surface area (Å²) in [5.74, 6) is 0.205. The third-order valence-corrected chi connectivity index (χ3v) is 2.66. The van der Waals surface area contributed by atoms with Crippen LogP contribution in [-0.2, 0) is 0 Å². The Balaban J connectivity index is 2.33. The molecule has 0 atom stereocenters. The molecule has 6 heteroatoms. The highest BCUT2D eigenvalue weighted by Gasteiger charge is 2.11. The molecule has 0 aliphatic rings. The van der Waals surface area contributed by atoms with Crippen LogP contribution in [0.15, 0.2) is 24.3 Å². The first-order chi connectivity index (χ1) is 8.95. The van der Waals surface area contributed by atoms with Crippen molar-refractivity contribution in [2.45, 2.75) is 13.8 Å². The molecule has 0 saturated heterocycles. The van der Waals surface area contributed by atoms with Gasteiger partial charge >= 0.3 is 5.97 Å². The summed E-state index contributed by atoms with van der Waals surface area (Å²) in [5, 5.41) is 9.14. The lowest BCUT2D eigenvalue weighted by atomic mass is 10.2. The molecule has 5 nitrogen and oxygen atoms in total. The number of hydrogen-bond acceptors (Lipinski definition) is 4. The lowest BCUT2D eigenvalue weighted by molar-refractivity contribution is 0.0696. The first-order valence-corrected chi connectivity index (χ1v) is 5.86. The van der Waals surface area contributed by atoms with E-state index in [2.05, 4.69) is 9.97 Å². The highest BCUT2D eigenvalue weighted by atomic mass is 35.5. The van der Waals surface area contributed by atoms with Crippen LogP contribution in [0.25, 0.3) is 0 Å². The van der Waals surface area contributed by atoms with E-state index < -0.39 is 5.97 Å². The predicted octanol–water partition coefficient (Wildman–Crippen LogP) is 3.24. The van der Waals surface area contributed by atoms with Crippen LogP contribution in [0.4, 0.5) is 0 Å². The normalized spacial score (nSPS) is 10.3. The van der Waals surface area contributed by atoms with Crippen LogP contribution in [0.3, 0.4) is 0 Å². The van der Waals surface area contributed by atoms with Crippen LogP contribution >= 0.6 is 11.6 Å². The standard InChI is InChI=1S/C13H11ClN2O3/c1-7-5-12(16-8(2)15-7)19-9-3-4-11(14)10(6-9)13(17)18/h3-6H,1-2H3,(H,17,18). The molecule has 0 bridgehead atoms. The fraction of sp³-hybridized carbons (Fsp3) is 0.154. The number of halogens is 1. The SMILES string of the molecule is Cc1cc(Oc2ccc(Cl)c(C(=O)O)c2)nc(C)n1. The monoisotopic (exact) mass is 278 g/mol. The first kappa shape index (κ1) is 13.3. The highest BCUT2D eigenvalue weighted by molar-refractivity contribution is 6.33. The van der Waals surface area contributed by atoms with Crippen LogP contribution in [0, 0.1) is 13.8 Å². The summed E-state index contributed by atoms with van der Waals surface area (Å²) in [5.41, 5.74) is 0.761. The van der Waals surface area contributed by atoms with Crippen molar-refractivity contribution in [1.82, 2.24) is 9.97 Å². The molecule has 0 amide bonds. The Hall–Kier alpha value is -2.14. The van der Waals surface area contributed by atoms with E-state index in [1.807, 2.05) is 6.92 Å². The lowest BCUT2D eigenvalue weighted by Crippen LogP contribution is -1.99. The maximum atomic E-state index is 11.0. The highest BCUT2D eigenvalue weighted by Crippen LogP contribution is 2.25. The van der Waals surface area contributed by atoms with Crippen molar-refractivity contribution >= 4 is 17.6 Å². The van der Waals surface area contributed by atoms with E-state index in [1.54, 1.807) is 19.1 Å². The molecule has 1 heterocycles. The van der Waals surface area contributed by atoms with Crippen LogP contribution in [0.1, 0.15) is 21.9 Å². The number of carbonyl (C=O) groups is 1. The first-order valence-electron chi connectivity index (χ1n) is 5.48. The number of hydrogen-bond donors (Lipinski definition) is 1. The molecule has 0 unspecified atom stereocenters. The second-order valence-electron chi connectivity index (χ2n) is 3.94. The Morgan fingerprint density at radius 1 is 1.26 bits per heavy atom. The summed E-state index contributed by atoms with van der Waals surface area (Å²) in [7, 11) is 0. The molecule has 1 N–H and O–H groups in total. The van der Waals surface area contributed by atoms with Crippen molar-refractivity contribution in [3.05, 3.63) is 46.4 Å². The molecule has 0 fully saturated rings. The van der Waals surface area contributed by atoms with Crippen LogP contribution in [-0.4, -0.2) is 21.0 Å². The van der Waals surface area contributed by atoms with Crippen molar-refractivity contribution in [1.29, 1.82) is 0 Å².